The topological polar surface area (TPSA) is 331 Å². The fraction of sp³-hybridized carbons (Fsp3) is 0.714. The Labute approximate surface area is 155 Å². The number of carboxylic acids is 2. The molecule has 0 heterocycles. The first kappa shape index (κ1) is 29.7. The SMILES string of the molecule is NCC(P(=O)(O)O)P(=O)(O)O.O=C(O)CC(C(=O)O)C(P(=O)(O)O)P(=O)(O)O. The van der Waals surface area contributed by atoms with E-state index in [0.717, 1.165) is 0 Å². The molecule has 0 fully saturated rings. The van der Waals surface area contributed by atoms with Crippen LogP contribution < -0.4 is 5.73 Å². The Morgan fingerprint density at radius 1 is 0.714 bits per heavy atom. The van der Waals surface area contributed by atoms with Gasteiger partial charge in [-0.25, -0.2) is 0 Å². The quantitative estimate of drug-likeness (QED) is 0.146. The van der Waals surface area contributed by atoms with Gasteiger partial charge in [0.1, 0.15) is 0 Å². The van der Waals surface area contributed by atoms with Gasteiger partial charge in [-0.1, -0.05) is 0 Å². The number of hydrogen-bond acceptors (Lipinski definition) is 7. The van der Waals surface area contributed by atoms with Crippen LogP contribution in [0.15, 0.2) is 0 Å². The van der Waals surface area contributed by atoms with Crippen LogP contribution in [0.3, 0.4) is 0 Å². The van der Waals surface area contributed by atoms with E-state index in [-0.39, 0.29) is 0 Å². The normalized spacial score (nSPS) is 14.4. The Balaban J connectivity index is 0. The van der Waals surface area contributed by atoms with E-state index in [2.05, 4.69) is 0 Å². The lowest BCUT2D eigenvalue weighted by atomic mass is 10.1. The third-order valence-electron chi connectivity index (χ3n) is 2.75. The van der Waals surface area contributed by atoms with Crippen molar-refractivity contribution in [2.24, 2.45) is 11.7 Å². The monoisotopic (exact) mass is 497 g/mol. The summed E-state index contributed by atoms with van der Waals surface area (Å²) in [6.45, 7) is -0.742. The van der Waals surface area contributed by atoms with E-state index in [1.165, 1.54) is 0 Å². The molecular formula is C7H19NO16P4. The lowest BCUT2D eigenvalue weighted by Gasteiger charge is -2.24. The standard InChI is InChI=1S/C5H10O10P2.C2H9NO6P2/c6-3(7)1-2(4(8)9)5(16(10,11)12)17(13,14)15;3-1-2(10(4,5)6)11(7,8)9/h2,5H,1H2,(H,6,7)(H,8,9)(H2,10,11,12)(H2,13,14,15);2H,1,3H2,(H2,4,5,6)(H2,7,8,9). The minimum absolute atomic E-state index is 0.742. The van der Waals surface area contributed by atoms with Crippen molar-refractivity contribution >= 4 is 42.3 Å². The molecular weight excluding hydrogens is 478 g/mol. The van der Waals surface area contributed by atoms with Crippen molar-refractivity contribution in [3.63, 3.8) is 0 Å². The van der Waals surface area contributed by atoms with E-state index in [1.807, 2.05) is 0 Å². The minimum atomic E-state index is -5.47. The Kier molecular flexibility index (Phi) is 11.1. The van der Waals surface area contributed by atoms with Gasteiger partial charge in [0.05, 0.1) is 12.3 Å². The third-order valence-corrected chi connectivity index (χ3v) is 10.4. The zero-order valence-electron chi connectivity index (χ0n) is 13.4. The van der Waals surface area contributed by atoms with Gasteiger partial charge >= 0.3 is 42.3 Å². The van der Waals surface area contributed by atoms with Gasteiger partial charge in [0.2, 0.25) is 0 Å². The summed E-state index contributed by atoms with van der Waals surface area (Å²) >= 11 is 0. The summed E-state index contributed by atoms with van der Waals surface area (Å²) in [6, 6.07) is 0. The summed E-state index contributed by atoms with van der Waals surface area (Å²) in [6.07, 6.45) is -1.31. The summed E-state index contributed by atoms with van der Waals surface area (Å²) < 4.78 is 42.4. The minimum Gasteiger partial charge on any atom is -0.481 e. The fourth-order valence-electron chi connectivity index (χ4n) is 1.64. The van der Waals surface area contributed by atoms with E-state index in [4.69, 9.17) is 55.1 Å². The molecule has 0 radical (unpaired) electrons. The van der Waals surface area contributed by atoms with Gasteiger partial charge in [-0.2, -0.15) is 0 Å². The zero-order chi connectivity index (χ0) is 23.3. The smallest absolute Gasteiger partial charge is 0.341 e. The van der Waals surface area contributed by atoms with Crippen molar-refractivity contribution in [1.82, 2.24) is 0 Å². The van der Waals surface area contributed by atoms with Gasteiger partial charge in [0.25, 0.3) is 0 Å². The number of nitrogens with two attached hydrogens (primary N) is 1. The van der Waals surface area contributed by atoms with Gasteiger partial charge in [0, 0.05) is 6.54 Å². The molecule has 0 aromatic heterocycles. The highest BCUT2D eigenvalue weighted by molar-refractivity contribution is 7.71. The van der Waals surface area contributed by atoms with E-state index < -0.39 is 72.0 Å². The van der Waals surface area contributed by atoms with Crippen molar-refractivity contribution in [2.45, 2.75) is 17.2 Å². The highest BCUT2D eigenvalue weighted by Gasteiger charge is 2.52. The van der Waals surface area contributed by atoms with Crippen molar-refractivity contribution in [2.75, 3.05) is 6.54 Å². The maximum absolute atomic E-state index is 10.9. The lowest BCUT2D eigenvalue weighted by Crippen LogP contribution is -2.30. The van der Waals surface area contributed by atoms with Crippen LogP contribution >= 0.6 is 30.4 Å². The van der Waals surface area contributed by atoms with E-state index in [0.29, 0.717) is 0 Å². The molecule has 0 saturated carbocycles. The summed E-state index contributed by atoms with van der Waals surface area (Å²) in [7, 11) is -20.5. The molecule has 168 valence electrons. The van der Waals surface area contributed by atoms with Crippen LogP contribution in [0.1, 0.15) is 6.42 Å². The van der Waals surface area contributed by atoms with Gasteiger partial charge in [-0.15, -0.1) is 0 Å². The molecule has 0 spiro atoms. The average molecular weight is 497 g/mol. The van der Waals surface area contributed by atoms with Gasteiger partial charge < -0.3 is 55.1 Å². The predicted octanol–water partition coefficient (Wildman–Crippen LogP) is -2.53. The second kappa shape index (κ2) is 10.5. The maximum atomic E-state index is 10.9. The largest absolute Gasteiger partial charge is 0.481 e. The van der Waals surface area contributed by atoms with Crippen LogP contribution in [0.4, 0.5) is 0 Å². The van der Waals surface area contributed by atoms with Crippen LogP contribution in [0.5, 0.6) is 0 Å². The summed E-state index contributed by atoms with van der Waals surface area (Å²) in [5, 5.41) is 12.0. The molecule has 0 saturated heterocycles. The van der Waals surface area contributed by atoms with Crippen LogP contribution in [-0.4, -0.2) is 78.6 Å². The van der Waals surface area contributed by atoms with Crippen molar-refractivity contribution in [1.29, 1.82) is 0 Å². The summed E-state index contributed by atoms with van der Waals surface area (Å²) in [5.41, 5.74) is 4.76. The highest BCUT2D eigenvalue weighted by atomic mass is 31.2. The Morgan fingerprint density at radius 3 is 1.14 bits per heavy atom. The van der Waals surface area contributed by atoms with E-state index in [9.17, 15) is 27.8 Å². The van der Waals surface area contributed by atoms with Crippen molar-refractivity contribution in [3.8, 4) is 0 Å². The molecule has 28 heavy (non-hydrogen) atoms. The number of carbonyl (C=O) groups is 2. The molecule has 0 aliphatic heterocycles. The maximum Gasteiger partial charge on any atom is 0.341 e. The molecule has 21 heteroatoms. The van der Waals surface area contributed by atoms with E-state index in [1.54, 1.807) is 0 Å². The predicted molar refractivity (Wildman–Crippen MR) is 88.2 cm³/mol. The van der Waals surface area contributed by atoms with Gasteiger partial charge in [-0.3, -0.25) is 27.8 Å². The fourth-order valence-corrected chi connectivity index (χ4v) is 6.73. The van der Waals surface area contributed by atoms with Crippen molar-refractivity contribution < 1.29 is 77.2 Å². The first-order valence-corrected chi connectivity index (χ1v) is 13.1. The van der Waals surface area contributed by atoms with Gasteiger partial charge in [0.15, 0.2) is 10.8 Å². The van der Waals surface area contributed by atoms with Crippen LogP contribution in [-0.2, 0) is 27.8 Å². The summed E-state index contributed by atoms with van der Waals surface area (Å²) in [5.74, 6) is -6.14. The molecule has 0 aromatic carbocycles. The molecule has 0 rings (SSSR count). The number of carboxylic acid groups (broad SMARTS) is 2. The average Bonchev–Trinajstić information content (AvgIpc) is 2.31. The molecule has 0 aliphatic rings. The number of hydrogen-bond donors (Lipinski definition) is 11. The Morgan fingerprint density at radius 2 is 1.04 bits per heavy atom. The Hall–Kier alpha value is -0.500. The van der Waals surface area contributed by atoms with Crippen LogP contribution in [0.2, 0.25) is 0 Å². The molecule has 0 amide bonds. The first-order valence-electron chi connectivity index (χ1n) is 6.42. The van der Waals surface area contributed by atoms with Crippen LogP contribution in [0.25, 0.3) is 0 Å². The second-order valence-corrected chi connectivity index (χ2v) is 12.9. The van der Waals surface area contributed by atoms with Crippen LogP contribution in [0, 0.1) is 5.92 Å². The Bertz CT molecular complexity index is 696. The molecule has 0 bridgehead atoms. The first-order chi connectivity index (χ1) is 12.1. The number of aliphatic carboxylic acids is 2. The zero-order valence-corrected chi connectivity index (χ0v) is 17.0. The molecule has 0 aliphatic carbocycles. The number of rotatable bonds is 9. The second-order valence-electron chi connectivity index (χ2n) is 5.03. The third kappa shape index (κ3) is 10.9. The summed E-state index contributed by atoms with van der Waals surface area (Å²) in [4.78, 5) is 89.2. The molecule has 1 atom stereocenters. The van der Waals surface area contributed by atoms with Crippen molar-refractivity contribution in [3.05, 3.63) is 0 Å². The molecule has 1 unspecified atom stereocenters. The molecule has 17 nitrogen and oxygen atoms in total. The molecule has 12 N–H and O–H groups in total. The van der Waals surface area contributed by atoms with Gasteiger partial charge in [-0.05, 0) is 0 Å². The molecule has 0 aromatic rings. The lowest BCUT2D eigenvalue weighted by molar-refractivity contribution is -0.148. The highest BCUT2D eigenvalue weighted by Crippen LogP contribution is 2.63. The van der Waals surface area contributed by atoms with E-state index >= 15 is 0 Å².